The first-order chi connectivity index (χ1) is 8.00. The quantitative estimate of drug-likeness (QED) is 0.468. The van der Waals surface area contributed by atoms with Gasteiger partial charge in [-0.3, -0.25) is 0 Å². The van der Waals surface area contributed by atoms with Gasteiger partial charge in [0.2, 0.25) is 0 Å². The largest absolute Gasteiger partial charge is 0.315 e. The summed E-state index contributed by atoms with van der Waals surface area (Å²) in [5, 5.41) is 13.8. The Balaban J connectivity index is 2.00. The van der Waals surface area contributed by atoms with E-state index in [2.05, 4.69) is 21.3 Å². The molecule has 1 saturated heterocycles. The van der Waals surface area contributed by atoms with Crippen LogP contribution in [-0.4, -0.2) is 52.4 Å². The minimum atomic E-state index is 1.10. The Morgan fingerprint density at radius 1 is 0.312 bits per heavy atom. The zero-order chi connectivity index (χ0) is 11.3. The molecule has 4 N–H and O–H groups in total. The monoisotopic (exact) mass is 228 g/mol. The molecule has 1 aliphatic rings. The smallest absolute Gasteiger partial charge is 0.00767 e. The summed E-state index contributed by atoms with van der Waals surface area (Å²) in [5.41, 5.74) is 0. The number of rotatable bonds is 0. The highest BCUT2D eigenvalue weighted by atomic mass is 15.0. The molecule has 16 heavy (non-hydrogen) atoms. The maximum absolute atomic E-state index is 3.47. The highest BCUT2D eigenvalue weighted by Crippen LogP contribution is 1.91. The summed E-state index contributed by atoms with van der Waals surface area (Å²) < 4.78 is 0. The normalized spacial score (nSPS) is 24.0. The number of hydrogen-bond donors (Lipinski definition) is 4. The van der Waals surface area contributed by atoms with Crippen LogP contribution in [0, 0.1) is 0 Å². The Bertz CT molecular complexity index is 77.0. The van der Waals surface area contributed by atoms with E-state index in [1.807, 2.05) is 0 Å². The molecule has 0 saturated carbocycles. The average molecular weight is 228 g/mol. The molecule has 1 heterocycles. The molecule has 0 amide bonds. The summed E-state index contributed by atoms with van der Waals surface area (Å²) in [6, 6.07) is 0. The Morgan fingerprint density at radius 2 is 0.688 bits per heavy atom. The summed E-state index contributed by atoms with van der Waals surface area (Å²) in [6.45, 7) is 9.00. The van der Waals surface area contributed by atoms with Crippen molar-refractivity contribution in [1.82, 2.24) is 21.3 Å². The van der Waals surface area contributed by atoms with Crippen molar-refractivity contribution in [2.24, 2.45) is 0 Å². The van der Waals surface area contributed by atoms with E-state index in [0.29, 0.717) is 0 Å². The molecule has 0 atom stereocenters. The van der Waals surface area contributed by atoms with Gasteiger partial charge in [0.25, 0.3) is 0 Å². The van der Waals surface area contributed by atoms with Crippen LogP contribution in [0.4, 0.5) is 0 Å². The van der Waals surface area contributed by atoms with Crippen LogP contribution in [0.15, 0.2) is 0 Å². The van der Waals surface area contributed by atoms with E-state index in [1.165, 1.54) is 38.8 Å². The second-order valence-electron chi connectivity index (χ2n) is 4.41. The summed E-state index contributed by atoms with van der Waals surface area (Å²) >= 11 is 0. The standard InChI is InChI=1S/C12H28N4/c1-2-5-13-9-11-15-7-4-8-16-12-10-14-6-3-1/h13-16H,1-12H2. The minimum absolute atomic E-state index is 1.10. The fourth-order valence-electron chi connectivity index (χ4n) is 1.87. The van der Waals surface area contributed by atoms with E-state index >= 15 is 0 Å². The average Bonchev–Trinajstić information content (AvgIpc) is 2.29. The predicted molar refractivity (Wildman–Crippen MR) is 69.9 cm³/mol. The van der Waals surface area contributed by atoms with Crippen molar-refractivity contribution in [3.63, 3.8) is 0 Å². The van der Waals surface area contributed by atoms with E-state index < -0.39 is 0 Å². The van der Waals surface area contributed by atoms with Crippen molar-refractivity contribution in [2.45, 2.75) is 25.7 Å². The van der Waals surface area contributed by atoms with Crippen LogP contribution in [0.3, 0.4) is 0 Å². The lowest BCUT2D eigenvalue weighted by Gasteiger charge is -2.10. The molecular formula is C12H28N4. The molecule has 0 unspecified atom stereocenters. The summed E-state index contributed by atoms with van der Waals surface area (Å²) in [5.74, 6) is 0. The first-order valence-electron chi connectivity index (χ1n) is 6.83. The van der Waals surface area contributed by atoms with Crippen molar-refractivity contribution in [3.8, 4) is 0 Å². The number of nitrogens with one attached hydrogen (secondary N) is 4. The lowest BCUT2D eigenvalue weighted by atomic mass is 10.2. The first-order valence-corrected chi connectivity index (χ1v) is 6.83. The molecule has 1 aliphatic heterocycles. The summed E-state index contributed by atoms with van der Waals surface area (Å²) in [7, 11) is 0. The second-order valence-corrected chi connectivity index (χ2v) is 4.41. The van der Waals surface area contributed by atoms with Gasteiger partial charge in [-0.15, -0.1) is 0 Å². The molecule has 0 aromatic carbocycles. The van der Waals surface area contributed by atoms with Crippen LogP contribution in [-0.2, 0) is 0 Å². The molecule has 0 bridgehead atoms. The first kappa shape index (κ1) is 13.9. The summed E-state index contributed by atoms with van der Waals surface area (Å²) in [6.07, 6.45) is 5.17. The minimum Gasteiger partial charge on any atom is -0.315 e. The third kappa shape index (κ3) is 9.09. The number of hydrogen-bond acceptors (Lipinski definition) is 4. The molecule has 1 rings (SSSR count). The Kier molecular flexibility index (Phi) is 9.84. The van der Waals surface area contributed by atoms with E-state index in [9.17, 15) is 0 Å². The third-order valence-electron chi connectivity index (χ3n) is 2.87. The molecule has 96 valence electrons. The van der Waals surface area contributed by atoms with Gasteiger partial charge in [0.1, 0.15) is 0 Å². The Hall–Kier alpha value is -0.160. The van der Waals surface area contributed by atoms with Gasteiger partial charge in [-0.25, -0.2) is 0 Å². The maximum Gasteiger partial charge on any atom is 0.00767 e. The van der Waals surface area contributed by atoms with E-state index in [-0.39, 0.29) is 0 Å². The van der Waals surface area contributed by atoms with E-state index in [4.69, 9.17) is 0 Å². The molecule has 0 aromatic rings. The van der Waals surface area contributed by atoms with Crippen molar-refractivity contribution in [1.29, 1.82) is 0 Å². The Morgan fingerprint density at radius 3 is 1.12 bits per heavy atom. The van der Waals surface area contributed by atoms with Gasteiger partial charge in [-0.05, 0) is 45.4 Å². The highest BCUT2D eigenvalue weighted by molar-refractivity contribution is 4.58. The molecule has 0 aromatic heterocycles. The van der Waals surface area contributed by atoms with Crippen molar-refractivity contribution in [3.05, 3.63) is 0 Å². The van der Waals surface area contributed by atoms with Crippen LogP contribution in [0.5, 0.6) is 0 Å². The molecule has 0 aliphatic carbocycles. The zero-order valence-electron chi connectivity index (χ0n) is 10.5. The van der Waals surface area contributed by atoms with Gasteiger partial charge in [-0.2, -0.15) is 0 Å². The van der Waals surface area contributed by atoms with Crippen molar-refractivity contribution < 1.29 is 0 Å². The van der Waals surface area contributed by atoms with Gasteiger partial charge < -0.3 is 21.3 Å². The molecule has 4 nitrogen and oxygen atoms in total. The van der Waals surface area contributed by atoms with Gasteiger partial charge in [0.05, 0.1) is 0 Å². The highest BCUT2D eigenvalue weighted by Gasteiger charge is 1.93. The van der Waals surface area contributed by atoms with Crippen molar-refractivity contribution >= 4 is 0 Å². The van der Waals surface area contributed by atoms with Gasteiger partial charge in [-0.1, -0.05) is 6.42 Å². The molecule has 0 radical (unpaired) electrons. The maximum atomic E-state index is 3.47. The van der Waals surface area contributed by atoms with E-state index in [0.717, 1.165) is 39.3 Å². The van der Waals surface area contributed by atoms with Crippen molar-refractivity contribution in [2.75, 3.05) is 52.4 Å². The predicted octanol–water partition coefficient (Wildman–Crippen LogP) is -0.0812. The topological polar surface area (TPSA) is 48.1 Å². The molecular weight excluding hydrogens is 200 g/mol. The molecule has 4 heteroatoms. The van der Waals surface area contributed by atoms with Gasteiger partial charge >= 0.3 is 0 Å². The SMILES string of the molecule is C1CCNCCNCCCNCCNCC1. The van der Waals surface area contributed by atoms with Crippen LogP contribution in [0.25, 0.3) is 0 Å². The second kappa shape index (κ2) is 11.3. The lowest BCUT2D eigenvalue weighted by Crippen LogP contribution is -2.32. The van der Waals surface area contributed by atoms with Crippen LogP contribution < -0.4 is 21.3 Å². The fourth-order valence-corrected chi connectivity index (χ4v) is 1.87. The van der Waals surface area contributed by atoms with E-state index in [1.54, 1.807) is 0 Å². The zero-order valence-corrected chi connectivity index (χ0v) is 10.5. The molecule has 0 spiro atoms. The third-order valence-corrected chi connectivity index (χ3v) is 2.87. The van der Waals surface area contributed by atoms with Crippen LogP contribution in [0.2, 0.25) is 0 Å². The van der Waals surface area contributed by atoms with Crippen LogP contribution >= 0.6 is 0 Å². The van der Waals surface area contributed by atoms with Gasteiger partial charge in [0.15, 0.2) is 0 Å². The Labute approximate surface area is 99.9 Å². The molecule has 1 fully saturated rings. The fraction of sp³-hybridized carbons (Fsp3) is 1.00. The van der Waals surface area contributed by atoms with Gasteiger partial charge in [0, 0.05) is 26.2 Å². The summed E-state index contributed by atoms with van der Waals surface area (Å²) in [4.78, 5) is 0. The van der Waals surface area contributed by atoms with Crippen LogP contribution in [0.1, 0.15) is 25.7 Å². The lowest BCUT2D eigenvalue weighted by molar-refractivity contribution is 0.527.